The molecule has 0 bridgehead atoms. The normalized spacial score (nSPS) is 10.3. The minimum absolute atomic E-state index is 0.146. The molecule has 0 aliphatic heterocycles. The highest BCUT2D eigenvalue weighted by Gasteiger charge is 2.11. The van der Waals surface area contributed by atoms with Crippen molar-refractivity contribution < 1.29 is 14.3 Å². The fraction of sp³-hybridized carbons (Fsp3) is 0.100. The van der Waals surface area contributed by atoms with E-state index >= 15 is 0 Å². The first-order chi connectivity index (χ1) is 11.7. The lowest BCUT2D eigenvalue weighted by molar-refractivity contribution is -0.141. The van der Waals surface area contributed by atoms with Crippen LogP contribution in [0.3, 0.4) is 0 Å². The third-order valence-corrected chi connectivity index (χ3v) is 3.67. The number of ketones is 1. The first-order valence-electron chi connectivity index (χ1n) is 7.69. The van der Waals surface area contributed by atoms with Gasteiger partial charge in [-0.1, -0.05) is 54.6 Å². The van der Waals surface area contributed by atoms with Crippen molar-refractivity contribution in [1.29, 1.82) is 0 Å². The molecule has 4 heteroatoms. The Balaban J connectivity index is 1.54. The molecule has 120 valence electrons. The number of aromatic nitrogens is 1. The van der Waals surface area contributed by atoms with E-state index in [9.17, 15) is 9.59 Å². The minimum Gasteiger partial charge on any atom is -0.457 e. The Hall–Kier alpha value is -3.14. The zero-order valence-electron chi connectivity index (χ0n) is 13.1. The van der Waals surface area contributed by atoms with E-state index in [1.54, 1.807) is 18.3 Å². The lowest BCUT2D eigenvalue weighted by atomic mass is 10.0. The van der Waals surface area contributed by atoms with E-state index in [0.29, 0.717) is 5.69 Å². The third kappa shape index (κ3) is 3.98. The average Bonchev–Trinajstić information content (AvgIpc) is 3.16. The molecule has 0 spiro atoms. The van der Waals surface area contributed by atoms with Crippen molar-refractivity contribution in [3.8, 4) is 11.1 Å². The highest BCUT2D eigenvalue weighted by Crippen LogP contribution is 2.19. The van der Waals surface area contributed by atoms with Crippen LogP contribution >= 0.6 is 0 Å². The summed E-state index contributed by atoms with van der Waals surface area (Å²) in [5, 5.41) is 0. The van der Waals surface area contributed by atoms with Crippen LogP contribution in [0, 0.1) is 0 Å². The number of hydrogen-bond donors (Lipinski definition) is 1. The maximum Gasteiger partial charge on any atom is 0.310 e. The summed E-state index contributed by atoms with van der Waals surface area (Å²) in [6.45, 7) is -0.249. The Morgan fingerprint density at radius 1 is 0.833 bits per heavy atom. The van der Waals surface area contributed by atoms with Crippen LogP contribution in [0.5, 0.6) is 0 Å². The van der Waals surface area contributed by atoms with E-state index in [2.05, 4.69) is 4.98 Å². The van der Waals surface area contributed by atoms with Gasteiger partial charge in [-0.3, -0.25) is 9.59 Å². The standard InChI is InChI=1S/C20H17NO3/c22-19(18-7-4-12-21-18)14-24-20(23)13-15-8-10-17(11-9-15)16-5-2-1-3-6-16/h1-12,21H,13-14H2. The topological polar surface area (TPSA) is 59.2 Å². The van der Waals surface area contributed by atoms with Crippen LogP contribution in [0.1, 0.15) is 16.1 Å². The minimum atomic E-state index is -0.414. The summed E-state index contributed by atoms with van der Waals surface area (Å²) in [5.74, 6) is -0.657. The van der Waals surface area contributed by atoms with Gasteiger partial charge in [0.05, 0.1) is 12.1 Å². The van der Waals surface area contributed by atoms with E-state index in [1.165, 1.54) is 0 Å². The number of rotatable bonds is 6. The predicted octanol–water partition coefficient (Wildman–Crippen LogP) is 3.65. The van der Waals surface area contributed by atoms with Gasteiger partial charge in [0.15, 0.2) is 6.61 Å². The first-order valence-corrected chi connectivity index (χ1v) is 7.69. The Labute approximate surface area is 140 Å². The molecule has 0 atom stereocenters. The fourth-order valence-corrected chi connectivity index (χ4v) is 2.39. The van der Waals surface area contributed by atoms with Gasteiger partial charge in [0.25, 0.3) is 0 Å². The molecule has 1 N–H and O–H groups in total. The fourth-order valence-electron chi connectivity index (χ4n) is 2.39. The molecule has 0 radical (unpaired) electrons. The zero-order valence-corrected chi connectivity index (χ0v) is 13.1. The summed E-state index contributed by atoms with van der Waals surface area (Å²) in [6, 6.07) is 21.1. The molecular weight excluding hydrogens is 302 g/mol. The number of aromatic amines is 1. The molecule has 1 heterocycles. The van der Waals surface area contributed by atoms with Crippen molar-refractivity contribution in [3.63, 3.8) is 0 Å². The Kier molecular flexibility index (Phi) is 4.87. The molecule has 4 nitrogen and oxygen atoms in total. The summed E-state index contributed by atoms with van der Waals surface area (Å²) < 4.78 is 5.04. The van der Waals surface area contributed by atoms with E-state index < -0.39 is 5.97 Å². The number of esters is 1. The second-order valence-electron chi connectivity index (χ2n) is 5.41. The number of carbonyl (C=O) groups excluding carboxylic acids is 2. The van der Waals surface area contributed by atoms with Gasteiger partial charge in [0.1, 0.15) is 0 Å². The summed E-state index contributed by atoms with van der Waals surface area (Å²) in [4.78, 5) is 26.4. The smallest absolute Gasteiger partial charge is 0.310 e. The molecule has 0 aliphatic rings. The van der Waals surface area contributed by atoms with Gasteiger partial charge in [-0.2, -0.15) is 0 Å². The van der Waals surface area contributed by atoms with Crippen LogP contribution < -0.4 is 0 Å². The molecule has 3 rings (SSSR count). The molecule has 0 unspecified atom stereocenters. The first kappa shape index (κ1) is 15.7. The molecule has 1 aromatic heterocycles. The molecule has 2 aromatic carbocycles. The van der Waals surface area contributed by atoms with Crippen LogP contribution in [-0.4, -0.2) is 23.3 Å². The Morgan fingerprint density at radius 3 is 2.21 bits per heavy atom. The maximum atomic E-state index is 11.9. The van der Waals surface area contributed by atoms with Crippen LogP contribution in [0.15, 0.2) is 72.9 Å². The Bertz CT molecular complexity index is 806. The average molecular weight is 319 g/mol. The van der Waals surface area contributed by atoms with Crippen LogP contribution in [-0.2, 0) is 16.0 Å². The zero-order chi connectivity index (χ0) is 16.8. The van der Waals surface area contributed by atoms with E-state index in [1.807, 2.05) is 54.6 Å². The third-order valence-electron chi connectivity index (χ3n) is 3.67. The van der Waals surface area contributed by atoms with Crippen molar-refractivity contribution in [1.82, 2.24) is 4.98 Å². The van der Waals surface area contributed by atoms with Crippen LogP contribution in [0.2, 0.25) is 0 Å². The number of nitrogens with one attached hydrogen (secondary N) is 1. The molecule has 0 aliphatic carbocycles. The number of Topliss-reactive ketones (excluding diaryl/α,β-unsaturated/α-hetero) is 1. The van der Waals surface area contributed by atoms with Gasteiger partial charge in [0, 0.05) is 6.20 Å². The van der Waals surface area contributed by atoms with Crippen LogP contribution in [0.25, 0.3) is 11.1 Å². The van der Waals surface area contributed by atoms with E-state index in [-0.39, 0.29) is 18.8 Å². The van der Waals surface area contributed by atoms with Gasteiger partial charge < -0.3 is 9.72 Å². The molecule has 0 saturated heterocycles. The number of carbonyl (C=O) groups is 2. The molecular formula is C20H17NO3. The molecule has 0 fully saturated rings. The monoisotopic (exact) mass is 319 g/mol. The van der Waals surface area contributed by atoms with Gasteiger partial charge in [-0.15, -0.1) is 0 Å². The quantitative estimate of drug-likeness (QED) is 0.557. The van der Waals surface area contributed by atoms with Gasteiger partial charge in [0.2, 0.25) is 5.78 Å². The second-order valence-corrected chi connectivity index (χ2v) is 5.41. The highest BCUT2D eigenvalue weighted by atomic mass is 16.5. The number of ether oxygens (including phenoxy) is 1. The molecule has 0 amide bonds. The molecule has 24 heavy (non-hydrogen) atoms. The summed E-state index contributed by atoms with van der Waals surface area (Å²) in [6.07, 6.45) is 1.80. The summed E-state index contributed by atoms with van der Waals surface area (Å²) in [5.41, 5.74) is 3.51. The predicted molar refractivity (Wildman–Crippen MR) is 91.7 cm³/mol. The molecule has 0 saturated carbocycles. The van der Waals surface area contributed by atoms with Crippen molar-refractivity contribution in [3.05, 3.63) is 84.2 Å². The second kappa shape index (κ2) is 7.42. The van der Waals surface area contributed by atoms with E-state index in [0.717, 1.165) is 16.7 Å². The summed E-state index contributed by atoms with van der Waals surface area (Å²) in [7, 11) is 0. The highest BCUT2D eigenvalue weighted by molar-refractivity contribution is 5.96. The van der Waals surface area contributed by atoms with Gasteiger partial charge in [-0.05, 0) is 28.8 Å². The van der Waals surface area contributed by atoms with Gasteiger partial charge >= 0.3 is 5.97 Å². The van der Waals surface area contributed by atoms with Crippen molar-refractivity contribution in [2.24, 2.45) is 0 Å². The van der Waals surface area contributed by atoms with E-state index in [4.69, 9.17) is 4.74 Å². The maximum absolute atomic E-state index is 11.9. The number of benzene rings is 2. The van der Waals surface area contributed by atoms with Crippen molar-refractivity contribution in [2.45, 2.75) is 6.42 Å². The largest absolute Gasteiger partial charge is 0.457 e. The molecule has 3 aromatic rings. The number of hydrogen-bond acceptors (Lipinski definition) is 3. The SMILES string of the molecule is O=C(Cc1ccc(-c2ccccc2)cc1)OCC(=O)c1ccc[nH]1. The van der Waals surface area contributed by atoms with Crippen LogP contribution in [0.4, 0.5) is 0 Å². The van der Waals surface area contributed by atoms with Gasteiger partial charge in [-0.25, -0.2) is 0 Å². The summed E-state index contributed by atoms with van der Waals surface area (Å²) >= 11 is 0. The Morgan fingerprint density at radius 2 is 1.54 bits per heavy atom. The lowest BCUT2D eigenvalue weighted by Gasteiger charge is -2.05. The van der Waals surface area contributed by atoms with Crippen molar-refractivity contribution in [2.75, 3.05) is 6.61 Å². The van der Waals surface area contributed by atoms with Crippen molar-refractivity contribution >= 4 is 11.8 Å². The lowest BCUT2D eigenvalue weighted by Crippen LogP contribution is -2.15. The number of H-pyrrole nitrogens is 1.